The Morgan fingerprint density at radius 1 is 1.50 bits per heavy atom. The van der Waals surface area contributed by atoms with Gasteiger partial charge in [-0.1, -0.05) is 26.7 Å². The minimum Gasteiger partial charge on any atom is -0.364 e. The van der Waals surface area contributed by atoms with Crippen LogP contribution in [0, 0.1) is 11.8 Å². The fraction of sp³-hybridized carbons (Fsp3) is 0.667. The molecule has 3 atom stereocenters. The number of carbonyl (C=O) groups is 1. The normalized spacial score (nSPS) is 24.8. The summed E-state index contributed by atoms with van der Waals surface area (Å²) in [6.07, 6.45) is 5.35. The van der Waals surface area contributed by atoms with Crippen LogP contribution in [0.1, 0.15) is 50.5 Å². The lowest BCUT2D eigenvalue weighted by atomic mass is 9.78. The topological polar surface area (TPSA) is 85.0 Å². The van der Waals surface area contributed by atoms with Crippen LogP contribution >= 0.6 is 12.2 Å². The number of carbonyl (C=O) groups excluding carboxylic acids is 1. The largest absolute Gasteiger partial charge is 0.364 e. The van der Waals surface area contributed by atoms with Crippen LogP contribution in [-0.2, 0) is 6.54 Å². The summed E-state index contributed by atoms with van der Waals surface area (Å²) in [5.74, 6) is 0.706. The molecule has 1 aromatic rings. The Hall–Kier alpha value is -1.63. The van der Waals surface area contributed by atoms with Crippen molar-refractivity contribution in [2.24, 2.45) is 17.6 Å². The fourth-order valence-electron chi connectivity index (χ4n) is 2.97. The molecule has 0 spiro atoms. The zero-order chi connectivity index (χ0) is 16.3. The van der Waals surface area contributed by atoms with E-state index in [1.165, 1.54) is 12.8 Å². The molecule has 0 aliphatic heterocycles. The van der Waals surface area contributed by atoms with Crippen molar-refractivity contribution in [3.63, 3.8) is 0 Å². The summed E-state index contributed by atoms with van der Waals surface area (Å²) in [7, 11) is 0. The van der Waals surface area contributed by atoms with E-state index < -0.39 is 5.91 Å². The smallest absolute Gasteiger partial charge is 0.271 e. The van der Waals surface area contributed by atoms with Crippen LogP contribution in [0.25, 0.3) is 0 Å². The molecule has 0 radical (unpaired) electrons. The van der Waals surface area contributed by atoms with Gasteiger partial charge in [0.1, 0.15) is 0 Å². The second-order valence-electron chi connectivity index (χ2n) is 6.08. The molecule has 0 saturated heterocycles. The second-order valence-corrected chi connectivity index (χ2v) is 6.49. The van der Waals surface area contributed by atoms with Crippen molar-refractivity contribution in [2.45, 2.75) is 52.6 Å². The van der Waals surface area contributed by atoms with Gasteiger partial charge in [0.15, 0.2) is 10.8 Å². The van der Waals surface area contributed by atoms with Crippen molar-refractivity contribution in [3.8, 4) is 0 Å². The molecule has 6 nitrogen and oxygen atoms in total. The third-order valence-electron chi connectivity index (χ3n) is 4.59. The number of rotatable bonds is 4. The fourth-order valence-corrected chi connectivity index (χ4v) is 3.23. The van der Waals surface area contributed by atoms with Gasteiger partial charge < -0.3 is 16.4 Å². The van der Waals surface area contributed by atoms with E-state index >= 15 is 0 Å². The number of aromatic nitrogens is 2. The molecule has 122 valence electrons. The van der Waals surface area contributed by atoms with Gasteiger partial charge in [-0.2, -0.15) is 5.10 Å². The minimum atomic E-state index is -0.558. The predicted octanol–water partition coefficient (Wildman–Crippen LogP) is 2.11. The maximum absolute atomic E-state index is 11.5. The second kappa shape index (κ2) is 7.09. The molecule has 7 heteroatoms. The number of thiocarbonyl (C=S) groups is 1. The van der Waals surface area contributed by atoms with E-state index in [2.05, 4.69) is 29.6 Å². The molecule has 1 heterocycles. The highest BCUT2D eigenvalue weighted by molar-refractivity contribution is 7.80. The Kier molecular flexibility index (Phi) is 5.39. The van der Waals surface area contributed by atoms with Gasteiger partial charge >= 0.3 is 0 Å². The molecule has 1 amide bonds. The van der Waals surface area contributed by atoms with Crippen LogP contribution in [0.15, 0.2) is 6.20 Å². The van der Waals surface area contributed by atoms with Crippen LogP contribution in [-0.4, -0.2) is 26.8 Å². The number of nitrogens with one attached hydrogen (secondary N) is 2. The van der Waals surface area contributed by atoms with Crippen molar-refractivity contribution < 1.29 is 4.79 Å². The first kappa shape index (κ1) is 16.7. The van der Waals surface area contributed by atoms with E-state index in [9.17, 15) is 4.79 Å². The summed E-state index contributed by atoms with van der Waals surface area (Å²) in [6, 6.07) is 0.363. The van der Waals surface area contributed by atoms with Gasteiger partial charge in [0.2, 0.25) is 0 Å². The Bertz CT molecular complexity index is 556. The average Bonchev–Trinajstić information content (AvgIpc) is 2.87. The molecule has 0 aromatic carbocycles. The average molecular weight is 323 g/mol. The number of anilines is 1. The number of aryl methyl sites for hydroxylation is 1. The Morgan fingerprint density at radius 3 is 2.86 bits per heavy atom. The highest BCUT2D eigenvalue weighted by Crippen LogP contribution is 2.29. The first-order valence-corrected chi connectivity index (χ1v) is 8.28. The lowest BCUT2D eigenvalue weighted by Crippen LogP contribution is -2.45. The number of amides is 1. The Labute approximate surface area is 136 Å². The number of hydrogen-bond acceptors (Lipinski definition) is 3. The summed E-state index contributed by atoms with van der Waals surface area (Å²) >= 11 is 5.39. The number of hydrogen-bond donors (Lipinski definition) is 3. The van der Waals surface area contributed by atoms with Gasteiger partial charge in [0.05, 0.1) is 5.69 Å². The number of nitrogens with zero attached hydrogens (tertiary/aromatic N) is 2. The van der Waals surface area contributed by atoms with Crippen molar-refractivity contribution >= 4 is 28.9 Å². The highest BCUT2D eigenvalue weighted by Gasteiger charge is 2.27. The lowest BCUT2D eigenvalue weighted by Gasteiger charge is -2.35. The molecule has 2 rings (SSSR count). The quantitative estimate of drug-likeness (QED) is 0.739. The first-order chi connectivity index (χ1) is 10.4. The third-order valence-corrected chi connectivity index (χ3v) is 4.81. The molecule has 1 aliphatic rings. The van der Waals surface area contributed by atoms with E-state index in [0.29, 0.717) is 35.2 Å². The summed E-state index contributed by atoms with van der Waals surface area (Å²) in [6.45, 7) is 7.15. The number of nitrogens with two attached hydrogens (primary N) is 1. The van der Waals surface area contributed by atoms with Crippen LogP contribution in [0.5, 0.6) is 0 Å². The zero-order valence-electron chi connectivity index (χ0n) is 13.4. The standard InChI is InChI=1S/C15H25N5OS/c1-4-20-8-12(13(19-20)14(16)21)18-15(22)17-11-7-5-6-9(2)10(11)3/h8-11H,4-7H2,1-3H3,(H2,16,21)(H2,17,18,22). The predicted molar refractivity (Wildman–Crippen MR) is 91.7 cm³/mol. The van der Waals surface area contributed by atoms with Gasteiger partial charge in [-0.15, -0.1) is 0 Å². The van der Waals surface area contributed by atoms with Crippen LogP contribution < -0.4 is 16.4 Å². The molecule has 0 bridgehead atoms. The molecule has 4 N–H and O–H groups in total. The molecule has 3 unspecified atom stereocenters. The van der Waals surface area contributed by atoms with E-state index in [1.54, 1.807) is 10.9 Å². The van der Waals surface area contributed by atoms with Crippen molar-refractivity contribution in [2.75, 3.05) is 5.32 Å². The lowest BCUT2D eigenvalue weighted by molar-refractivity contribution is 0.0995. The summed E-state index contributed by atoms with van der Waals surface area (Å²) in [4.78, 5) is 11.5. The van der Waals surface area contributed by atoms with Crippen molar-refractivity contribution in [3.05, 3.63) is 11.9 Å². The van der Waals surface area contributed by atoms with E-state index in [4.69, 9.17) is 18.0 Å². The molecule has 1 aliphatic carbocycles. The van der Waals surface area contributed by atoms with Gasteiger partial charge in [-0.3, -0.25) is 9.48 Å². The summed E-state index contributed by atoms with van der Waals surface area (Å²) in [5, 5.41) is 11.1. The van der Waals surface area contributed by atoms with Crippen LogP contribution in [0.3, 0.4) is 0 Å². The van der Waals surface area contributed by atoms with E-state index in [-0.39, 0.29) is 5.69 Å². The molecular weight excluding hydrogens is 298 g/mol. The van der Waals surface area contributed by atoms with Gasteiger partial charge in [-0.25, -0.2) is 0 Å². The molecule has 22 heavy (non-hydrogen) atoms. The van der Waals surface area contributed by atoms with Gasteiger partial charge in [0.25, 0.3) is 5.91 Å². The van der Waals surface area contributed by atoms with Crippen molar-refractivity contribution in [1.29, 1.82) is 0 Å². The SMILES string of the molecule is CCn1cc(NC(=S)NC2CCCC(C)C2C)c(C(N)=O)n1. The zero-order valence-corrected chi connectivity index (χ0v) is 14.2. The van der Waals surface area contributed by atoms with E-state index in [1.807, 2.05) is 6.92 Å². The van der Waals surface area contributed by atoms with Crippen LogP contribution in [0.4, 0.5) is 5.69 Å². The molecule has 1 saturated carbocycles. The molecular formula is C15H25N5OS. The Balaban J connectivity index is 2.03. The highest BCUT2D eigenvalue weighted by atomic mass is 32.1. The van der Waals surface area contributed by atoms with Gasteiger partial charge in [-0.05, 0) is 37.4 Å². The Morgan fingerprint density at radius 2 is 2.23 bits per heavy atom. The molecule has 1 fully saturated rings. The maximum Gasteiger partial charge on any atom is 0.271 e. The maximum atomic E-state index is 11.5. The first-order valence-electron chi connectivity index (χ1n) is 7.87. The van der Waals surface area contributed by atoms with Gasteiger partial charge in [0, 0.05) is 18.8 Å². The number of primary amides is 1. The minimum absolute atomic E-state index is 0.219. The summed E-state index contributed by atoms with van der Waals surface area (Å²) in [5.41, 5.74) is 6.14. The monoisotopic (exact) mass is 323 g/mol. The third kappa shape index (κ3) is 3.76. The van der Waals surface area contributed by atoms with Crippen molar-refractivity contribution in [1.82, 2.24) is 15.1 Å². The van der Waals surface area contributed by atoms with E-state index in [0.717, 1.165) is 6.42 Å². The summed E-state index contributed by atoms with van der Waals surface area (Å²) < 4.78 is 1.66. The molecule has 1 aromatic heterocycles. The van der Waals surface area contributed by atoms with Crippen LogP contribution in [0.2, 0.25) is 0 Å².